The van der Waals surface area contributed by atoms with E-state index in [2.05, 4.69) is 9.97 Å². The van der Waals surface area contributed by atoms with Gasteiger partial charge in [0, 0.05) is 22.3 Å². The number of nitrogens with zero attached hydrogens (tertiary/aromatic N) is 2. The summed E-state index contributed by atoms with van der Waals surface area (Å²) in [6, 6.07) is 5.56. The van der Waals surface area contributed by atoms with Crippen LogP contribution in [-0.2, 0) is 6.18 Å². The van der Waals surface area contributed by atoms with Crippen LogP contribution in [0.5, 0.6) is 0 Å². The standard InChI is InChI=1S/C12H6ClF3N2O/c13-8-2-1-7(6-19)9(5-8)10-3-4-17-11(18-10)12(14,15)16/h1-6H. The van der Waals surface area contributed by atoms with Gasteiger partial charge in [-0.3, -0.25) is 4.79 Å². The van der Waals surface area contributed by atoms with Crippen molar-refractivity contribution < 1.29 is 18.0 Å². The van der Waals surface area contributed by atoms with E-state index in [1.165, 1.54) is 24.3 Å². The molecule has 2 rings (SSSR count). The van der Waals surface area contributed by atoms with Crippen LogP contribution in [0.3, 0.4) is 0 Å². The molecular formula is C12H6ClF3N2O. The largest absolute Gasteiger partial charge is 0.451 e. The van der Waals surface area contributed by atoms with Gasteiger partial charge in [0.25, 0.3) is 0 Å². The first-order chi connectivity index (χ1) is 8.91. The lowest BCUT2D eigenvalue weighted by Crippen LogP contribution is -2.11. The molecule has 0 amide bonds. The third-order valence-corrected chi connectivity index (χ3v) is 2.56. The lowest BCUT2D eigenvalue weighted by atomic mass is 10.1. The predicted octanol–water partition coefficient (Wildman–Crippen LogP) is 3.63. The van der Waals surface area contributed by atoms with Crippen molar-refractivity contribution in [3.05, 3.63) is 46.9 Å². The van der Waals surface area contributed by atoms with Crippen LogP contribution in [0.25, 0.3) is 11.3 Å². The monoisotopic (exact) mass is 286 g/mol. The molecule has 0 aliphatic rings. The summed E-state index contributed by atoms with van der Waals surface area (Å²) in [5.74, 6) is -1.26. The van der Waals surface area contributed by atoms with Gasteiger partial charge in [-0.05, 0) is 24.3 Å². The van der Waals surface area contributed by atoms with Crippen LogP contribution in [0.15, 0.2) is 30.5 Å². The highest BCUT2D eigenvalue weighted by Gasteiger charge is 2.34. The van der Waals surface area contributed by atoms with E-state index in [0.717, 1.165) is 6.20 Å². The highest BCUT2D eigenvalue weighted by atomic mass is 35.5. The molecule has 0 spiro atoms. The van der Waals surface area contributed by atoms with Gasteiger partial charge < -0.3 is 0 Å². The molecule has 0 N–H and O–H groups in total. The first kappa shape index (κ1) is 13.5. The van der Waals surface area contributed by atoms with E-state index < -0.39 is 12.0 Å². The lowest BCUT2D eigenvalue weighted by molar-refractivity contribution is -0.144. The minimum Gasteiger partial charge on any atom is -0.298 e. The smallest absolute Gasteiger partial charge is 0.298 e. The normalized spacial score (nSPS) is 11.4. The molecule has 0 aliphatic carbocycles. The molecule has 98 valence electrons. The Morgan fingerprint density at radius 2 is 1.95 bits per heavy atom. The maximum absolute atomic E-state index is 12.5. The van der Waals surface area contributed by atoms with E-state index in [1.807, 2.05) is 0 Å². The van der Waals surface area contributed by atoms with Crippen molar-refractivity contribution in [3.8, 4) is 11.3 Å². The molecule has 0 saturated carbocycles. The van der Waals surface area contributed by atoms with E-state index in [-0.39, 0.29) is 16.8 Å². The molecule has 7 heteroatoms. The number of benzene rings is 1. The van der Waals surface area contributed by atoms with Crippen molar-refractivity contribution in [2.45, 2.75) is 6.18 Å². The number of hydrogen-bond donors (Lipinski definition) is 0. The SMILES string of the molecule is O=Cc1ccc(Cl)cc1-c1ccnc(C(F)(F)F)n1. The zero-order valence-corrected chi connectivity index (χ0v) is 10.0. The van der Waals surface area contributed by atoms with Gasteiger partial charge in [-0.1, -0.05) is 11.6 Å². The van der Waals surface area contributed by atoms with Gasteiger partial charge in [0.05, 0.1) is 5.69 Å². The molecule has 3 nitrogen and oxygen atoms in total. The van der Waals surface area contributed by atoms with Crippen molar-refractivity contribution in [1.29, 1.82) is 0 Å². The fourth-order valence-corrected chi connectivity index (χ4v) is 1.67. The zero-order chi connectivity index (χ0) is 14.0. The molecule has 2 aromatic rings. The van der Waals surface area contributed by atoms with Crippen LogP contribution in [0.4, 0.5) is 13.2 Å². The minimum absolute atomic E-state index is 0.00748. The van der Waals surface area contributed by atoms with Gasteiger partial charge in [-0.25, -0.2) is 9.97 Å². The van der Waals surface area contributed by atoms with Crippen molar-refractivity contribution in [1.82, 2.24) is 9.97 Å². The summed E-state index contributed by atoms with van der Waals surface area (Å²) in [5.41, 5.74) is 0.429. The Kier molecular flexibility index (Phi) is 3.53. The second kappa shape index (κ2) is 4.97. The Balaban J connectivity index is 2.59. The van der Waals surface area contributed by atoms with Crippen molar-refractivity contribution >= 4 is 17.9 Å². The molecule has 0 unspecified atom stereocenters. The molecule has 0 bridgehead atoms. The summed E-state index contributed by atoms with van der Waals surface area (Å²) in [4.78, 5) is 17.5. The number of halogens is 4. The highest BCUT2D eigenvalue weighted by molar-refractivity contribution is 6.31. The number of aldehydes is 1. The molecule has 0 radical (unpaired) electrons. The fraction of sp³-hybridized carbons (Fsp3) is 0.0833. The summed E-state index contributed by atoms with van der Waals surface area (Å²) >= 11 is 5.77. The predicted molar refractivity (Wildman–Crippen MR) is 62.9 cm³/mol. The number of rotatable bonds is 2. The second-order valence-corrected chi connectivity index (χ2v) is 4.05. The van der Waals surface area contributed by atoms with Crippen LogP contribution < -0.4 is 0 Å². The van der Waals surface area contributed by atoms with Gasteiger partial charge >= 0.3 is 6.18 Å². The van der Waals surface area contributed by atoms with E-state index >= 15 is 0 Å². The zero-order valence-electron chi connectivity index (χ0n) is 9.28. The summed E-state index contributed by atoms with van der Waals surface area (Å²) in [5, 5.41) is 0.299. The summed E-state index contributed by atoms with van der Waals surface area (Å²) in [6.45, 7) is 0. The van der Waals surface area contributed by atoms with Crippen molar-refractivity contribution in [2.24, 2.45) is 0 Å². The molecule has 0 aliphatic heterocycles. The first-order valence-corrected chi connectivity index (χ1v) is 5.45. The van der Waals surface area contributed by atoms with E-state index in [0.29, 0.717) is 11.3 Å². The summed E-state index contributed by atoms with van der Waals surface area (Å²) < 4.78 is 37.6. The lowest BCUT2D eigenvalue weighted by Gasteiger charge is -2.08. The number of carbonyl (C=O) groups excluding carboxylic acids is 1. The third kappa shape index (κ3) is 2.90. The molecule has 19 heavy (non-hydrogen) atoms. The Morgan fingerprint density at radius 3 is 2.58 bits per heavy atom. The van der Waals surface area contributed by atoms with Gasteiger partial charge in [0.15, 0.2) is 6.29 Å². The van der Waals surface area contributed by atoms with Gasteiger partial charge in [0.1, 0.15) is 0 Å². The molecule has 1 heterocycles. The van der Waals surface area contributed by atoms with Gasteiger partial charge in [-0.2, -0.15) is 13.2 Å². The van der Waals surface area contributed by atoms with Crippen molar-refractivity contribution in [2.75, 3.05) is 0 Å². The topological polar surface area (TPSA) is 42.9 Å². The van der Waals surface area contributed by atoms with Crippen LogP contribution in [0.2, 0.25) is 5.02 Å². The number of hydrogen-bond acceptors (Lipinski definition) is 3. The number of carbonyl (C=O) groups is 1. The Labute approximate surface area is 111 Å². The number of alkyl halides is 3. The summed E-state index contributed by atoms with van der Waals surface area (Å²) in [7, 11) is 0. The molecular weight excluding hydrogens is 281 g/mol. The van der Waals surface area contributed by atoms with Crippen LogP contribution in [0, 0.1) is 0 Å². The Bertz CT molecular complexity index is 629. The summed E-state index contributed by atoms with van der Waals surface area (Å²) in [6.07, 6.45) is -3.13. The quantitative estimate of drug-likeness (QED) is 0.792. The first-order valence-electron chi connectivity index (χ1n) is 5.07. The minimum atomic E-state index is -4.64. The van der Waals surface area contributed by atoms with Gasteiger partial charge in [0.2, 0.25) is 5.82 Å². The van der Waals surface area contributed by atoms with Gasteiger partial charge in [-0.15, -0.1) is 0 Å². The average Bonchev–Trinajstić information content (AvgIpc) is 2.38. The molecule has 0 atom stereocenters. The molecule has 0 saturated heterocycles. The fourth-order valence-electron chi connectivity index (χ4n) is 1.50. The second-order valence-electron chi connectivity index (χ2n) is 3.61. The molecule has 1 aromatic carbocycles. The van der Waals surface area contributed by atoms with Crippen molar-refractivity contribution in [3.63, 3.8) is 0 Å². The highest BCUT2D eigenvalue weighted by Crippen LogP contribution is 2.29. The average molecular weight is 287 g/mol. The Hall–Kier alpha value is -1.95. The number of aromatic nitrogens is 2. The van der Waals surface area contributed by atoms with E-state index in [1.54, 1.807) is 0 Å². The maximum Gasteiger partial charge on any atom is 0.451 e. The van der Waals surface area contributed by atoms with E-state index in [4.69, 9.17) is 11.6 Å². The third-order valence-electron chi connectivity index (χ3n) is 2.33. The molecule has 1 aromatic heterocycles. The van der Waals surface area contributed by atoms with Crippen LogP contribution in [0.1, 0.15) is 16.2 Å². The van der Waals surface area contributed by atoms with E-state index in [9.17, 15) is 18.0 Å². The Morgan fingerprint density at radius 1 is 1.21 bits per heavy atom. The van der Waals surface area contributed by atoms with Crippen LogP contribution in [-0.4, -0.2) is 16.3 Å². The van der Waals surface area contributed by atoms with Crippen LogP contribution >= 0.6 is 11.6 Å². The maximum atomic E-state index is 12.5. The molecule has 0 fully saturated rings.